The molecule has 4 N–H and O–H groups in total. The summed E-state index contributed by atoms with van der Waals surface area (Å²) in [5.74, 6) is -3.51. The molecule has 0 spiro atoms. The minimum absolute atomic E-state index is 0.0273. The van der Waals surface area contributed by atoms with Crippen LogP contribution in [-0.4, -0.2) is 39.5 Å². The number of halogens is 4. The molecule has 3 aromatic rings. The first-order valence-electron chi connectivity index (χ1n) is 10.6. The summed E-state index contributed by atoms with van der Waals surface area (Å²) < 4.78 is 10.5. The zero-order valence-corrected chi connectivity index (χ0v) is 22.2. The third-order valence-corrected chi connectivity index (χ3v) is 7.56. The van der Waals surface area contributed by atoms with Gasteiger partial charge in [-0.1, -0.05) is 46.4 Å². The Kier molecular flexibility index (Phi) is 7.07. The van der Waals surface area contributed by atoms with E-state index in [4.69, 9.17) is 51.1 Å². The molecule has 0 bridgehead atoms. The van der Waals surface area contributed by atoms with Crippen molar-refractivity contribution in [2.45, 2.75) is 25.4 Å². The van der Waals surface area contributed by atoms with Gasteiger partial charge in [-0.2, -0.15) is 0 Å². The van der Waals surface area contributed by atoms with Crippen molar-refractivity contribution in [3.05, 3.63) is 77.7 Å². The largest absolute Gasteiger partial charge is 0.507 e. The molecule has 0 aliphatic carbocycles. The molecule has 1 heterocycles. The van der Waals surface area contributed by atoms with Crippen LogP contribution in [0.3, 0.4) is 0 Å². The van der Waals surface area contributed by atoms with Gasteiger partial charge in [-0.25, -0.2) is 4.79 Å². The maximum atomic E-state index is 13.1. The number of fused-ring (bicyclic) bond motifs is 1. The molecule has 1 aliphatic rings. The minimum Gasteiger partial charge on any atom is -0.507 e. The molecular weight excluding hydrogens is 570 g/mol. The highest BCUT2D eigenvalue weighted by Gasteiger charge is 2.53. The zero-order chi connectivity index (χ0) is 27.4. The van der Waals surface area contributed by atoms with Gasteiger partial charge in [0.15, 0.2) is 5.60 Å². The number of rotatable bonds is 5. The highest BCUT2D eigenvalue weighted by molar-refractivity contribution is 6.42. The standard InChI is InChI=1S/C25H18Cl4O8/c1-9-20(31)13(7-17(28)21(9)32)25(12-6-16(27)15(26)5-11(12)24(35)37-25)14-8-18(29)23(34)10(22(14)33)3-4-19(30)36-2/h5-8,31-34H,3-4H2,1-2H3. The molecule has 1 unspecified atom stereocenters. The monoisotopic (exact) mass is 586 g/mol. The summed E-state index contributed by atoms with van der Waals surface area (Å²) >= 11 is 25.0. The average Bonchev–Trinajstić information content (AvgIpc) is 3.13. The lowest BCUT2D eigenvalue weighted by Crippen LogP contribution is -2.30. The second-order valence-electron chi connectivity index (χ2n) is 8.27. The van der Waals surface area contributed by atoms with Crippen molar-refractivity contribution in [1.29, 1.82) is 0 Å². The molecule has 0 radical (unpaired) electrons. The van der Waals surface area contributed by atoms with Crippen LogP contribution in [0.15, 0.2) is 24.3 Å². The molecule has 3 aromatic carbocycles. The van der Waals surface area contributed by atoms with Gasteiger partial charge in [0.25, 0.3) is 0 Å². The molecule has 0 aromatic heterocycles. The second-order valence-corrected chi connectivity index (χ2v) is 9.90. The fraction of sp³-hybridized carbons (Fsp3) is 0.200. The highest BCUT2D eigenvalue weighted by atomic mass is 35.5. The topological polar surface area (TPSA) is 134 Å². The van der Waals surface area contributed by atoms with Crippen molar-refractivity contribution in [3.63, 3.8) is 0 Å². The molecule has 8 nitrogen and oxygen atoms in total. The number of phenols is 4. The summed E-state index contributed by atoms with van der Waals surface area (Å²) in [6, 6.07) is 4.91. The molecular formula is C25H18Cl4O8. The number of hydrogen-bond acceptors (Lipinski definition) is 8. The molecule has 0 saturated heterocycles. The molecule has 37 heavy (non-hydrogen) atoms. The van der Waals surface area contributed by atoms with Crippen LogP contribution in [0.5, 0.6) is 23.0 Å². The van der Waals surface area contributed by atoms with Crippen molar-refractivity contribution >= 4 is 58.3 Å². The van der Waals surface area contributed by atoms with Crippen LogP contribution >= 0.6 is 46.4 Å². The van der Waals surface area contributed by atoms with Gasteiger partial charge in [0.05, 0.1) is 32.8 Å². The normalized spacial score (nSPS) is 16.4. The highest BCUT2D eigenvalue weighted by Crippen LogP contribution is 2.57. The maximum Gasteiger partial charge on any atom is 0.340 e. The number of esters is 2. The summed E-state index contributed by atoms with van der Waals surface area (Å²) in [5.41, 5.74) is -2.59. The lowest BCUT2D eigenvalue weighted by atomic mass is 9.77. The first kappa shape index (κ1) is 27.0. The predicted octanol–water partition coefficient (Wildman–Crippen LogP) is 6.00. The van der Waals surface area contributed by atoms with Gasteiger partial charge in [0, 0.05) is 34.2 Å². The van der Waals surface area contributed by atoms with E-state index in [1.165, 1.54) is 32.2 Å². The maximum absolute atomic E-state index is 13.1. The summed E-state index contributed by atoms with van der Waals surface area (Å²) in [7, 11) is 1.18. The molecule has 0 amide bonds. The van der Waals surface area contributed by atoms with E-state index in [-0.39, 0.29) is 66.3 Å². The Hall–Kier alpha value is -3.04. The van der Waals surface area contributed by atoms with Crippen molar-refractivity contribution in [2.75, 3.05) is 7.11 Å². The Balaban J connectivity index is 2.15. The van der Waals surface area contributed by atoms with Gasteiger partial charge in [0.1, 0.15) is 23.0 Å². The quantitative estimate of drug-likeness (QED) is 0.267. The zero-order valence-electron chi connectivity index (χ0n) is 19.2. The number of phenolic OH excluding ortho intramolecular Hbond substituents is 4. The smallest absolute Gasteiger partial charge is 0.340 e. The number of aromatic hydroxyl groups is 4. The van der Waals surface area contributed by atoms with Crippen LogP contribution in [0, 0.1) is 6.92 Å². The first-order valence-corrected chi connectivity index (χ1v) is 12.1. The van der Waals surface area contributed by atoms with E-state index < -0.39 is 40.5 Å². The molecule has 0 saturated carbocycles. The third-order valence-electron chi connectivity index (χ3n) is 6.26. The molecule has 12 heteroatoms. The van der Waals surface area contributed by atoms with Gasteiger partial charge < -0.3 is 29.9 Å². The van der Waals surface area contributed by atoms with Gasteiger partial charge in [0.2, 0.25) is 0 Å². The number of hydrogen-bond donors (Lipinski definition) is 4. The Morgan fingerprint density at radius 1 is 0.838 bits per heavy atom. The number of carbonyl (C=O) groups is 2. The predicted molar refractivity (Wildman–Crippen MR) is 136 cm³/mol. The van der Waals surface area contributed by atoms with E-state index in [1.807, 2.05) is 0 Å². The van der Waals surface area contributed by atoms with Gasteiger partial charge in [-0.3, -0.25) is 4.79 Å². The van der Waals surface area contributed by atoms with Crippen molar-refractivity contribution in [1.82, 2.24) is 0 Å². The number of carbonyl (C=O) groups excluding carboxylic acids is 2. The Bertz CT molecular complexity index is 1490. The van der Waals surface area contributed by atoms with Gasteiger partial charge >= 0.3 is 11.9 Å². The number of benzene rings is 3. The van der Waals surface area contributed by atoms with Crippen LogP contribution in [0.4, 0.5) is 0 Å². The van der Waals surface area contributed by atoms with Crippen molar-refractivity contribution in [2.24, 2.45) is 0 Å². The summed E-state index contributed by atoms with van der Waals surface area (Å²) in [6.45, 7) is 1.38. The van der Waals surface area contributed by atoms with E-state index in [9.17, 15) is 30.0 Å². The molecule has 4 rings (SSSR count). The van der Waals surface area contributed by atoms with Crippen molar-refractivity contribution < 1.29 is 39.5 Å². The fourth-order valence-electron chi connectivity index (χ4n) is 4.34. The SMILES string of the molecule is COC(=O)CCc1c(O)c(Cl)cc(C2(c3cc(Cl)c(O)c(C)c3O)OC(=O)c3cc(Cl)c(Cl)cc32)c1O. The van der Waals surface area contributed by atoms with E-state index >= 15 is 0 Å². The van der Waals surface area contributed by atoms with E-state index in [0.717, 1.165) is 6.07 Å². The molecule has 194 valence electrons. The molecule has 1 atom stereocenters. The summed E-state index contributed by atoms with van der Waals surface area (Å²) in [4.78, 5) is 24.9. The lowest BCUT2D eigenvalue weighted by molar-refractivity contribution is -0.140. The number of ether oxygens (including phenoxy) is 2. The van der Waals surface area contributed by atoms with Gasteiger partial charge in [-0.15, -0.1) is 0 Å². The van der Waals surface area contributed by atoms with E-state index in [1.54, 1.807) is 0 Å². The van der Waals surface area contributed by atoms with Gasteiger partial charge in [-0.05, 0) is 37.6 Å². The summed E-state index contributed by atoms with van der Waals surface area (Å²) in [6.07, 6.45) is -0.422. The number of cyclic esters (lactones) is 1. The van der Waals surface area contributed by atoms with Crippen LogP contribution in [0.2, 0.25) is 20.1 Å². The second kappa shape index (κ2) is 9.68. The van der Waals surface area contributed by atoms with Crippen LogP contribution in [-0.2, 0) is 26.3 Å². The first-order chi connectivity index (χ1) is 17.3. The Morgan fingerprint density at radius 2 is 1.38 bits per heavy atom. The Morgan fingerprint density at radius 3 is 2.00 bits per heavy atom. The molecule has 1 aliphatic heterocycles. The Labute approximate surface area is 230 Å². The lowest BCUT2D eigenvalue weighted by Gasteiger charge is -2.33. The van der Waals surface area contributed by atoms with E-state index in [2.05, 4.69) is 4.74 Å². The summed E-state index contributed by atoms with van der Waals surface area (Å²) in [5, 5.41) is 43.0. The average molecular weight is 588 g/mol. The van der Waals surface area contributed by atoms with Crippen LogP contribution in [0.1, 0.15) is 44.6 Å². The van der Waals surface area contributed by atoms with Crippen molar-refractivity contribution in [3.8, 4) is 23.0 Å². The van der Waals surface area contributed by atoms with E-state index in [0.29, 0.717) is 0 Å². The van der Waals surface area contributed by atoms with Crippen LogP contribution in [0.25, 0.3) is 0 Å². The minimum atomic E-state index is -2.12. The fourth-order valence-corrected chi connectivity index (χ4v) is 5.14. The third kappa shape index (κ3) is 4.18. The van der Waals surface area contributed by atoms with Crippen LogP contribution < -0.4 is 0 Å². The number of methoxy groups -OCH3 is 1. The molecule has 0 fully saturated rings.